The largest absolute Gasteiger partial charge is 0.310 e. The Bertz CT molecular complexity index is 522. The zero-order chi connectivity index (χ0) is 13.0. The van der Waals surface area contributed by atoms with Crippen LogP contribution in [0.2, 0.25) is 5.15 Å². The molecule has 0 aliphatic heterocycles. The molecule has 1 aromatic heterocycles. The third-order valence-electron chi connectivity index (χ3n) is 2.35. The fourth-order valence-corrected chi connectivity index (χ4v) is 1.74. The number of carbonyl (C=O) groups is 1. The lowest BCUT2D eigenvalue weighted by Crippen LogP contribution is -2.15. The second-order valence-corrected chi connectivity index (χ2v) is 4.33. The van der Waals surface area contributed by atoms with Crippen LogP contribution in [0.4, 0.5) is 5.82 Å². The Morgan fingerprint density at radius 2 is 2.17 bits per heavy atom. The molecule has 0 saturated heterocycles. The second-order valence-electron chi connectivity index (χ2n) is 3.94. The highest BCUT2D eigenvalue weighted by Gasteiger charge is 2.05. The van der Waals surface area contributed by atoms with Crippen LogP contribution in [0.3, 0.4) is 0 Å². The Morgan fingerprint density at radius 3 is 2.89 bits per heavy atom. The molecule has 0 radical (unpaired) electrons. The zero-order valence-electron chi connectivity index (χ0n) is 9.85. The maximum absolute atomic E-state index is 11.8. The standard InChI is InChI=1S/C13H12ClN3O/c1-9-3-2-4-10(5-9)6-13(18)17-12-7-11(14)15-8-16-12/h2-5,7-8H,6H2,1H3,(H,15,16,17,18). The van der Waals surface area contributed by atoms with Gasteiger partial charge in [-0.25, -0.2) is 9.97 Å². The first kappa shape index (κ1) is 12.5. The van der Waals surface area contributed by atoms with Crippen molar-refractivity contribution in [2.75, 3.05) is 5.32 Å². The van der Waals surface area contributed by atoms with Gasteiger partial charge in [0.25, 0.3) is 0 Å². The summed E-state index contributed by atoms with van der Waals surface area (Å²) >= 11 is 5.71. The number of amides is 1. The predicted octanol–water partition coefficient (Wildman–Crippen LogP) is 2.62. The SMILES string of the molecule is Cc1cccc(CC(=O)Nc2cc(Cl)ncn2)c1. The molecule has 4 nitrogen and oxygen atoms in total. The van der Waals surface area contributed by atoms with Crippen molar-refractivity contribution in [1.82, 2.24) is 9.97 Å². The zero-order valence-corrected chi connectivity index (χ0v) is 10.6. The van der Waals surface area contributed by atoms with Gasteiger partial charge in [0.2, 0.25) is 5.91 Å². The van der Waals surface area contributed by atoms with Crippen molar-refractivity contribution < 1.29 is 4.79 Å². The van der Waals surface area contributed by atoms with Gasteiger partial charge in [0, 0.05) is 6.07 Å². The Labute approximate surface area is 110 Å². The van der Waals surface area contributed by atoms with Crippen molar-refractivity contribution in [1.29, 1.82) is 0 Å². The average molecular weight is 262 g/mol. The van der Waals surface area contributed by atoms with Crippen LogP contribution < -0.4 is 5.32 Å². The van der Waals surface area contributed by atoms with Crippen LogP contribution in [0.25, 0.3) is 0 Å². The first-order valence-corrected chi connectivity index (χ1v) is 5.84. The third kappa shape index (κ3) is 3.53. The molecule has 18 heavy (non-hydrogen) atoms. The minimum absolute atomic E-state index is 0.129. The van der Waals surface area contributed by atoms with E-state index in [-0.39, 0.29) is 5.91 Å². The first-order chi connectivity index (χ1) is 8.63. The molecule has 0 atom stereocenters. The van der Waals surface area contributed by atoms with E-state index in [1.54, 1.807) is 0 Å². The van der Waals surface area contributed by atoms with Gasteiger partial charge in [-0.15, -0.1) is 0 Å². The summed E-state index contributed by atoms with van der Waals surface area (Å²) in [4.78, 5) is 19.4. The number of nitrogens with one attached hydrogen (secondary N) is 1. The first-order valence-electron chi connectivity index (χ1n) is 5.46. The predicted molar refractivity (Wildman–Crippen MR) is 70.6 cm³/mol. The van der Waals surface area contributed by atoms with Gasteiger partial charge < -0.3 is 5.32 Å². The summed E-state index contributed by atoms with van der Waals surface area (Å²) < 4.78 is 0. The number of halogens is 1. The number of anilines is 1. The number of aryl methyl sites for hydroxylation is 1. The average Bonchev–Trinajstić information content (AvgIpc) is 2.28. The quantitative estimate of drug-likeness (QED) is 0.864. The van der Waals surface area contributed by atoms with Gasteiger partial charge in [-0.05, 0) is 12.5 Å². The van der Waals surface area contributed by atoms with E-state index >= 15 is 0 Å². The van der Waals surface area contributed by atoms with E-state index in [9.17, 15) is 4.79 Å². The Balaban J connectivity index is 2.01. The summed E-state index contributed by atoms with van der Waals surface area (Å²) in [6.07, 6.45) is 1.62. The molecule has 1 heterocycles. The Morgan fingerprint density at radius 1 is 1.33 bits per heavy atom. The molecule has 1 N–H and O–H groups in total. The number of benzene rings is 1. The van der Waals surface area contributed by atoms with Crippen LogP contribution in [0.1, 0.15) is 11.1 Å². The lowest BCUT2D eigenvalue weighted by Gasteiger charge is -2.05. The lowest BCUT2D eigenvalue weighted by molar-refractivity contribution is -0.115. The minimum Gasteiger partial charge on any atom is -0.310 e. The summed E-state index contributed by atoms with van der Waals surface area (Å²) in [5, 5.41) is 2.98. The van der Waals surface area contributed by atoms with Crippen molar-refractivity contribution in [3.63, 3.8) is 0 Å². The molecule has 2 rings (SSSR count). The lowest BCUT2D eigenvalue weighted by atomic mass is 10.1. The number of hydrogen-bond acceptors (Lipinski definition) is 3. The number of rotatable bonds is 3. The third-order valence-corrected chi connectivity index (χ3v) is 2.56. The van der Waals surface area contributed by atoms with Crippen LogP contribution >= 0.6 is 11.6 Å². The van der Waals surface area contributed by atoms with Crippen LogP contribution in [0.15, 0.2) is 36.7 Å². The van der Waals surface area contributed by atoms with E-state index in [0.717, 1.165) is 11.1 Å². The van der Waals surface area contributed by atoms with Gasteiger partial charge in [0.05, 0.1) is 6.42 Å². The molecular formula is C13H12ClN3O. The van der Waals surface area contributed by atoms with E-state index in [1.807, 2.05) is 31.2 Å². The molecule has 1 amide bonds. The summed E-state index contributed by atoms with van der Waals surface area (Å²) in [5.74, 6) is 0.281. The number of carbonyl (C=O) groups excluding carboxylic acids is 1. The van der Waals surface area contributed by atoms with Gasteiger partial charge >= 0.3 is 0 Å². The minimum atomic E-state index is -0.129. The molecular weight excluding hydrogens is 250 g/mol. The topological polar surface area (TPSA) is 54.9 Å². The van der Waals surface area contributed by atoms with Crippen molar-refractivity contribution in [2.45, 2.75) is 13.3 Å². The molecule has 0 bridgehead atoms. The van der Waals surface area contributed by atoms with Crippen molar-refractivity contribution in [2.24, 2.45) is 0 Å². The van der Waals surface area contributed by atoms with Crippen LogP contribution in [-0.2, 0) is 11.2 Å². The Kier molecular flexibility index (Phi) is 3.89. The Hall–Kier alpha value is -1.94. The van der Waals surface area contributed by atoms with Gasteiger partial charge in [0.15, 0.2) is 0 Å². The van der Waals surface area contributed by atoms with Gasteiger partial charge in [-0.2, -0.15) is 0 Å². The highest BCUT2D eigenvalue weighted by molar-refractivity contribution is 6.29. The molecule has 0 unspecified atom stereocenters. The van der Waals surface area contributed by atoms with Crippen LogP contribution in [0.5, 0.6) is 0 Å². The summed E-state index contributed by atoms with van der Waals surface area (Å²) in [7, 11) is 0. The number of nitrogens with zero attached hydrogens (tertiary/aromatic N) is 2. The summed E-state index contributed by atoms with van der Waals surface area (Å²) in [6, 6.07) is 9.33. The second kappa shape index (κ2) is 5.60. The maximum Gasteiger partial charge on any atom is 0.229 e. The summed E-state index contributed by atoms with van der Waals surface area (Å²) in [5.41, 5.74) is 2.10. The maximum atomic E-state index is 11.8. The monoisotopic (exact) mass is 261 g/mol. The van der Waals surface area contributed by atoms with Gasteiger partial charge in [-0.1, -0.05) is 41.4 Å². The smallest absolute Gasteiger partial charge is 0.229 e. The van der Waals surface area contributed by atoms with Crippen LogP contribution in [0, 0.1) is 6.92 Å². The van der Waals surface area contributed by atoms with Gasteiger partial charge in [0.1, 0.15) is 17.3 Å². The number of hydrogen-bond donors (Lipinski definition) is 1. The summed E-state index contributed by atoms with van der Waals surface area (Å²) in [6.45, 7) is 1.99. The molecule has 2 aromatic rings. The van der Waals surface area contributed by atoms with Crippen molar-refractivity contribution >= 4 is 23.3 Å². The van der Waals surface area contributed by atoms with Crippen LogP contribution in [-0.4, -0.2) is 15.9 Å². The van der Waals surface area contributed by atoms with Gasteiger partial charge in [-0.3, -0.25) is 4.79 Å². The molecule has 1 aromatic carbocycles. The molecule has 92 valence electrons. The molecule has 0 fully saturated rings. The fraction of sp³-hybridized carbons (Fsp3) is 0.154. The van der Waals surface area contributed by atoms with Crippen molar-refractivity contribution in [3.05, 3.63) is 52.9 Å². The molecule has 0 spiro atoms. The molecule has 0 aliphatic carbocycles. The van der Waals surface area contributed by atoms with Crippen molar-refractivity contribution in [3.8, 4) is 0 Å². The number of aromatic nitrogens is 2. The fourth-order valence-electron chi connectivity index (χ4n) is 1.60. The van der Waals surface area contributed by atoms with E-state index in [1.165, 1.54) is 12.4 Å². The van der Waals surface area contributed by atoms with E-state index in [4.69, 9.17) is 11.6 Å². The highest BCUT2D eigenvalue weighted by Crippen LogP contribution is 2.10. The molecule has 5 heteroatoms. The molecule has 0 aliphatic rings. The van der Waals surface area contributed by atoms with E-state index in [0.29, 0.717) is 17.4 Å². The van der Waals surface area contributed by atoms with E-state index in [2.05, 4.69) is 15.3 Å². The normalized spacial score (nSPS) is 10.1. The molecule has 0 saturated carbocycles. The highest BCUT2D eigenvalue weighted by atomic mass is 35.5. The van der Waals surface area contributed by atoms with E-state index < -0.39 is 0 Å².